The van der Waals surface area contributed by atoms with E-state index in [2.05, 4.69) is 22.9 Å². The summed E-state index contributed by atoms with van der Waals surface area (Å²) in [6.07, 6.45) is 2.66. The Morgan fingerprint density at radius 3 is 2.58 bits per heavy atom. The smallest absolute Gasteiger partial charge is 0.155 e. The zero-order valence-electron chi connectivity index (χ0n) is 12.1. The van der Waals surface area contributed by atoms with Crippen LogP contribution in [0.25, 0.3) is 10.9 Å². The number of ketones is 1. The number of carbonyl (C=O) groups excluding carboxylic acids is 1. The van der Waals surface area contributed by atoms with Crippen LogP contribution in [-0.2, 0) is 18.3 Å². The third-order valence-electron chi connectivity index (χ3n) is 3.50. The van der Waals surface area contributed by atoms with Crippen LogP contribution in [0.15, 0.2) is 30.5 Å². The number of benzene rings is 1. The van der Waals surface area contributed by atoms with Crippen molar-refractivity contribution in [1.82, 2.24) is 4.57 Å². The lowest BCUT2D eigenvalue weighted by molar-refractivity contribution is -0.127. The number of carbonyl (C=O) groups is 1. The maximum atomic E-state index is 12.2. The molecule has 1 atom stereocenters. The van der Waals surface area contributed by atoms with Crippen molar-refractivity contribution < 1.29 is 4.79 Å². The number of aryl methyl sites for hydroxylation is 1. The van der Waals surface area contributed by atoms with Gasteiger partial charge in [0.1, 0.15) is 0 Å². The van der Waals surface area contributed by atoms with Crippen LogP contribution in [0.4, 0.5) is 0 Å². The monoisotopic (exact) mass is 258 g/mol. The van der Waals surface area contributed by atoms with Crippen LogP contribution in [0.2, 0.25) is 0 Å². The first-order valence-electron chi connectivity index (χ1n) is 6.63. The van der Waals surface area contributed by atoms with E-state index >= 15 is 0 Å². The van der Waals surface area contributed by atoms with Crippen LogP contribution in [0.3, 0.4) is 0 Å². The van der Waals surface area contributed by atoms with Gasteiger partial charge in [-0.15, -0.1) is 0 Å². The largest absolute Gasteiger partial charge is 0.350 e. The Morgan fingerprint density at radius 1 is 1.32 bits per heavy atom. The van der Waals surface area contributed by atoms with Gasteiger partial charge in [-0.05, 0) is 18.1 Å². The van der Waals surface area contributed by atoms with Crippen molar-refractivity contribution in [3.63, 3.8) is 0 Å². The molecule has 0 saturated carbocycles. The molecule has 0 spiro atoms. The molecule has 0 fully saturated rings. The molecule has 2 N–H and O–H groups in total. The predicted octanol–water partition coefficient (Wildman–Crippen LogP) is 2.66. The van der Waals surface area contributed by atoms with Crippen LogP contribution in [0.5, 0.6) is 0 Å². The van der Waals surface area contributed by atoms with Crippen molar-refractivity contribution in [3.8, 4) is 0 Å². The second kappa shape index (κ2) is 4.82. The molecule has 0 saturated heterocycles. The summed E-state index contributed by atoms with van der Waals surface area (Å²) < 4.78 is 2.08. The molecule has 2 aromatic rings. The van der Waals surface area contributed by atoms with Crippen LogP contribution in [0.1, 0.15) is 26.3 Å². The van der Waals surface area contributed by atoms with Crippen LogP contribution >= 0.6 is 0 Å². The van der Waals surface area contributed by atoms with Crippen LogP contribution < -0.4 is 5.73 Å². The molecule has 2 rings (SSSR count). The Balaban J connectivity index is 2.30. The Morgan fingerprint density at radius 2 is 1.95 bits per heavy atom. The molecule has 0 bridgehead atoms. The summed E-state index contributed by atoms with van der Waals surface area (Å²) in [5, 5.41) is 1.18. The summed E-state index contributed by atoms with van der Waals surface area (Å²) in [7, 11) is 2.02. The van der Waals surface area contributed by atoms with Gasteiger partial charge in [-0.25, -0.2) is 0 Å². The minimum absolute atomic E-state index is 0.112. The van der Waals surface area contributed by atoms with Gasteiger partial charge < -0.3 is 10.3 Å². The summed E-state index contributed by atoms with van der Waals surface area (Å²) in [6, 6.07) is 7.76. The van der Waals surface area contributed by atoms with Crippen molar-refractivity contribution in [2.75, 3.05) is 0 Å². The lowest BCUT2D eigenvalue weighted by Gasteiger charge is -2.21. The van der Waals surface area contributed by atoms with Gasteiger partial charge in [-0.2, -0.15) is 0 Å². The first-order valence-corrected chi connectivity index (χ1v) is 6.63. The fraction of sp³-hybridized carbons (Fsp3) is 0.438. The minimum Gasteiger partial charge on any atom is -0.350 e. The van der Waals surface area contributed by atoms with E-state index in [-0.39, 0.29) is 11.2 Å². The van der Waals surface area contributed by atoms with E-state index in [0.29, 0.717) is 6.42 Å². The number of nitrogens with two attached hydrogens (primary N) is 1. The average Bonchev–Trinajstić information content (AvgIpc) is 2.65. The molecule has 19 heavy (non-hydrogen) atoms. The molecule has 0 aliphatic carbocycles. The van der Waals surface area contributed by atoms with E-state index in [9.17, 15) is 4.79 Å². The normalized spacial score (nSPS) is 13.7. The maximum absolute atomic E-state index is 12.2. The molecule has 102 valence electrons. The quantitative estimate of drug-likeness (QED) is 0.920. The van der Waals surface area contributed by atoms with E-state index in [1.165, 1.54) is 10.9 Å². The van der Waals surface area contributed by atoms with E-state index < -0.39 is 6.04 Å². The summed E-state index contributed by atoms with van der Waals surface area (Å²) >= 11 is 0. The second-order valence-electron chi connectivity index (χ2n) is 6.21. The lowest BCUT2D eigenvalue weighted by atomic mass is 9.84. The zero-order chi connectivity index (χ0) is 14.2. The number of aromatic nitrogens is 1. The number of Topliss-reactive ketones (excluding diaryl/α,β-unsaturated/α-hetero) is 1. The highest BCUT2D eigenvalue weighted by molar-refractivity contribution is 5.90. The van der Waals surface area contributed by atoms with Crippen molar-refractivity contribution in [2.45, 2.75) is 33.2 Å². The van der Waals surface area contributed by atoms with Gasteiger partial charge in [0.25, 0.3) is 0 Å². The van der Waals surface area contributed by atoms with E-state index in [1.807, 2.05) is 40.0 Å². The van der Waals surface area contributed by atoms with Crippen molar-refractivity contribution in [3.05, 3.63) is 36.0 Å². The minimum atomic E-state index is -0.439. The standard InChI is InChI=1S/C16H22N2O/c1-16(2,3)15(19)13(17)9-11-10-18(4)14-8-6-5-7-12(11)14/h5-8,10,13H,9,17H2,1-4H3. The first-order chi connectivity index (χ1) is 8.80. The fourth-order valence-corrected chi connectivity index (χ4v) is 2.47. The van der Waals surface area contributed by atoms with E-state index in [4.69, 9.17) is 5.73 Å². The number of hydrogen-bond donors (Lipinski definition) is 1. The van der Waals surface area contributed by atoms with Gasteiger partial charge in [0.2, 0.25) is 0 Å². The Hall–Kier alpha value is -1.61. The molecule has 1 aromatic carbocycles. The number of rotatable bonds is 3. The average molecular weight is 258 g/mol. The van der Waals surface area contributed by atoms with Gasteiger partial charge in [-0.1, -0.05) is 39.0 Å². The fourth-order valence-electron chi connectivity index (χ4n) is 2.47. The Bertz CT molecular complexity index is 605. The molecule has 1 heterocycles. The molecular weight excluding hydrogens is 236 g/mol. The number of fused-ring (bicyclic) bond motifs is 1. The molecule has 0 aliphatic rings. The van der Waals surface area contributed by atoms with E-state index in [1.54, 1.807) is 0 Å². The third kappa shape index (κ3) is 2.71. The molecule has 1 aromatic heterocycles. The molecular formula is C16H22N2O. The van der Waals surface area contributed by atoms with Gasteiger partial charge in [0, 0.05) is 29.6 Å². The SMILES string of the molecule is Cn1cc(CC(N)C(=O)C(C)(C)C)c2ccccc21. The third-order valence-corrected chi connectivity index (χ3v) is 3.50. The second-order valence-corrected chi connectivity index (χ2v) is 6.21. The van der Waals surface area contributed by atoms with Crippen molar-refractivity contribution >= 4 is 16.7 Å². The highest BCUT2D eigenvalue weighted by atomic mass is 16.1. The lowest BCUT2D eigenvalue weighted by Crippen LogP contribution is -2.40. The molecule has 0 amide bonds. The number of para-hydroxylation sites is 1. The molecule has 0 aliphatic heterocycles. The van der Waals surface area contributed by atoms with Crippen molar-refractivity contribution in [2.24, 2.45) is 18.2 Å². The van der Waals surface area contributed by atoms with Gasteiger partial charge in [0.15, 0.2) is 5.78 Å². The molecule has 3 heteroatoms. The van der Waals surface area contributed by atoms with Gasteiger partial charge >= 0.3 is 0 Å². The van der Waals surface area contributed by atoms with E-state index in [0.717, 1.165) is 5.56 Å². The number of nitrogens with zero attached hydrogens (tertiary/aromatic N) is 1. The summed E-state index contributed by atoms with van der Waals surface area (Å²) in [4.78, 5) is 12.2. The Kier molecular flexibility index (Phi) is 3.50. The van der Waals surface area contributed by atoms with Crippen molar-refractivity contribution in [1.29, 1.82) is 0 Å². The first kappa shape index (κ1) is 13.8. The van der Waals surface area contributed by atoms with Crippen LogP contribution in [0, 0.1) is 5.41 Å². The zero-order valence-corrected chi connectivity index (χ0v) is 12.1. The molecule has 1 unspecified atom stereocenters. The van der Waals surface area contributed by atoms with Gasteiger partial charge in [-0.3, -0.25) is 4.79 Å². The maximum Gasteiger partial charge on any atom is 0.155 e. The highest BCUT2D eigenvalue weighted by Gasteiger charge is 2.27. The summed E-state index contributed by atoms with van der Waals surface area (Å²) in [5.41, 5.74) is 8.01. The Labute approximate surface area is 114 Å². The molecule has 3 nitrogen and oxygen atoms in total. The predicted molar refractivity (Wildman–Crippen MR) is 79.1 cm³/mol. The topological polar surface area (TPSA) is 48.0 Å². The van der Waals surface area contributed by atoms with Gasteiger partial charge in [0.05, 0.1) is 6.04 Å². The highest BCUT2D eigenvalue weighted by Crippen LogP contribution is 2.23. The molecule has 0 radical (unpaired) electrons. The number of hydrogen-bond acceptors (Lipinski definition) is 2. The summed E-state index contributed by atoms with van der Waals surface area (Å²) in [6.45, 7) is 5.74. The summed E-state index contributed by atoms with van der Waals surface area (Å²) in [5.74, 6) is 0.112. The van der Waals surface area contributed by atoms with Crippen LogP contribution in [-0.4, -0.2) is 16.4 Å².